The first-order valence-electron chi connectivity index (χ1n) is 4.13. The van der Waals surface area contributed by atoms with E-state index >= 15 is 0 Å². The maximum Gasteiger partial charge on any atom is 0.341 e. The molecule has 0 radical (unpaired) electrons. The van der Waals surface area contributed by atoms with E-state index in [0.29, 0.717) is 5.56 Å². The number of aromatic nitrogens is 1. The lowest BCUT2D eigenvalue weighted by Gasteiger charge is -2.09. The molecular formula is C9H11NO4. The number of H-pyrrole nitrogens is 1. The molecule has 0 atom stereocenters. The summed E-state index contributed by atoms with van der Waals surface area (Å²) in [6.45, 7) is 3.50. The number of hydrogen-bond donors (Lipinski definition) is 3. The van der Waals surface area contributed by atoms with E-state index in [1.165, 1.54) is 6.07 Å². The third-order valence-electron chi connectivity index (χ3n) is 1.89. The van der Waals surface area contributed by atoms with Crippen molar-refractivity contribution >= 4 is 5.97 Å². The van der Waals surface area contributed by atoms with E-state index in [9.17, 15) is 14.7 Å². The minimum Gasteiger partial charge on any atom is -0.494 e. The maximum absolute atomic E-state index is 11.0. The Labute approximate surface area is 80.0 Å². The number of carbonyl (C=O) groups is 1. The molecule has 1 aromatic heterocycles. The molecule has 0 saturated heterocycles. The minimum absolute atomic E-state index is 0.130. The molecular weight excluding hydrogens is 186 g/mol. The van der Waals surface area contributed by atoms with Crippen LogP contribution in [0.3, 0.4) is 0 Å². The molecule has 0 bridgehead atoms. The Bertz CT molecular complexity index is 419. The molecule has 5 heteroatoms. The van der Waals surface area contributed by atoms with E-state index in [1.807, 2.05) is 4.98 Å². The first kappa shape index (κ1) is 10.3. The normalized spacial score (nSPS) is 10.5. The van der Waals surface area contributed by atoms with Gasteiger partial charge < -0.3 is 10.2 Å². The van der Waals surface area contributed by atoms with Crippen molar-refractivity contribution in [1.29, 1.82) is 0 Å². The SMILES string of the molecule is CC(C)c1cc(=O)[nH]c(O)c1C(=O)O. The fourth-order valence-electron chi connectivity index (χ4n) is 1.25. The largest absolute Gasteiger partial charge is 0.494 e. The molecule has 5 nitrogen and oxygen atoms in total. The number of aromatic carboxylic acids is 1. The Balaban J connectivity index is 3.52. The van der Waals surface area contributed by atoms with Crippen molar-refractivity contribution in [3.05, 3.63) is 27.5 Å². The van der Waals surface area contributed by atoms with Gasteiger partial charge in [0, 0.05) is 6.07 Å². The van der Waals surface area contributed by atoms with Crippen LogP contribution in [0.2, 0.25) is 0 Å². The van der Waals surface area contributed by atoms with Crippen LogP contribution in [-0.2, 0) is 0 Å². The van der Waals surface area contributed by atoms with Crippen molar-refractivity contribution in [2.45, 2.75) is 19.8 Å². The molecule has 3 N–H and O–H groups in total. The quantitative estimate of drug-likeness (QED) is 0.657. The number of rotatable bonds is 2. The van der Waals surface area contributed by atoms with Gasteiger partial charge in [0.2, 0.25) is 5.88 Å². The zero-order valence-electron chi connectivity index (χ0n) is 7.87. The number of pyridine rings is 1. The molecule has 0 aliphatic carbocycles. The van der Waals surface area contributed by atoms with Gasteiger partial charge in [-0.25, -0.2) is 4.79 Å². The highest BCUT2D eigenvalue weighted by atomic mass is 16.4. The summed E-state index contributed by atoms with van der Waals surface area (Å²) in [6.07, 6.45) is 0. The smallest absolute Gasteiger partial charge is 0.341 e. The lowest BCUT2D eigenvalue weighted by atomic mass is 9.99. The Kier molecular flexibility index (Phi) is 2.60. The highest BCUT2D eigenvalue weighted by molar-refractivity contribution is 5.91. The minimum atomic E-state index is -1.25. The van der Waals surface area contributed by atoms with Crippen LogP contribution < -0.4 is 5.56 Å². The number of hydrogen-bond acceptors (Lipinski definition) is 3. The number of carboxylic acid groups (broad SMARTS) is 1. The van der Waals surface area contributed by atoms with E-state index in [4.69, 9.17) is 5.11 Å². The number of carboxylic acids is 1. The van der Waals surface area contributed by atoms with E-state index in [0.717, 1.165) is 0 Å². The predicted molar refractivity (Wildman–Crippen MR) is 49.8 cm³/mol. The molecule has 0 aromatic carbocycles. The highest BCUT2D eigenvalue weighted by Gasteiger charge is 2.18. The topological polar surface area (TPSA) is 90.4 Å². The standard InChI is InChI=1S/C9H11NO4/c1-4(2)5-3-6(11)10-8(12)7(5)9(13)14/h3-4H,1-2H3,(H,13,14)(H2,10,11,12). The number of aromatic amines is 1. The Morgan fingerprint density at radius 3 is 2.50 bits per heavy atom. The van der Waals surface area contributed by atoms with Crippen LogP contribution in [-0.4, -0.2) is 21.2 Å². The molecule has 14 heavy (non-hydrogen) atoms. The van der Waals surface area contributed by atoms with Crippen LogP contribution in [0.1, 0.15) is 35.7 Å². The van der Waals surface area contributed by atoms with Gasteiger partial charge in [0.1, 0.15) is 5.56 Å². The monoisotopic (exact) mass is 197 g/mol. The van der Waals surface area contributed by atoms with Crippen LogP contribution in [0.25, 0.3) is 0 Å². The summed E-state index contributed by atoms with van der Waals surface area (Å²) in [6, 6.07) is 1.19. The van der Waals surface area contributed by atoms with Crippen molar-refractivity contribution in [1.82, 2.24) is 4.98 Å². The lowest BCUT2D eigenvalue weighted by Crippen LogP contribution is -2.13. The third-order valence-corrected chi connectivity index (χ3v) is 1.89. The van der Waals surface area contributed by atoms with Crippen LogP contribution >= 0.6 is 0 Å². The van der Waals surface area contributed by atoms with Gasteiger partial charge in [0.25, 0.3) is 5.56 Å². The lowest BCUT2D eigenvalue weighted by molar-refractivity contribution is 0.0691. The van der Waals surface area contributed by atoms with Crippen molar-refractivity contribution in [3.8, 4) is 5.88 Å². The summed E-state index contributed by atoms with van der Waals surface area (Å²) in [5.74, 6) is -1.97. The van der Waals surface area contributed by atoms with Gasteiger partial charge in [-0.15, -0.1) is 0 Å². The summed E-state index contributed by atoms with van der Waals surface area (Å²) >= 11 is 0. The molecule has 0 amide bonds. The molecule has 1 heterocycles. The van der Waals surface area contributed by atoms with Gasteiger partial charge in [-0.2, -0.15) is 0 Å². The zero-order valence-corrected chi connectivity index (χ0v) is 7.87. The van der Waals surface area contributed by atoms with Gasteiger partial charge in [-0.1, -0.05) is 13.8 Å². The van der Waals surface area contributed by atoms with Crippen molar-refractivity contribution < 1.29 is 15.0 Å². The second kappa shape index (κ2) is 3.53. The van der Waals surface area contributed by atoms with Crippen LogP contribution in [0, 0.1) is 0 Å². The Morgan fingerprint density at radius 1 is 1.50 bits per heavy atom. The van der Waals surface area contributed by atoms with E-state index in [-0.39, 0.29) is 11.5 Å². The van der Waals surface area contributed by atoms with E-state index < -0.39 is 17.4 Å². The molecule has 0 aliphatic rings. The van der Waals surface area contributed by atoms with Crippen LogP contribution in [0.15, 0.2) is 10.9 Å². The van der Waals surface area contributed by atoms with Crippen molar-refractivity contribution in [2.75, 3.05) is 0 Å². The van der Waals surface area contributed by atoms with Gasteiger partial charge in [-0.05, 0) is 11.5 Å². The maximum atomic E-state index is 11.0. The summed E-state index contributed by atoms with van der Waals surface area (Å²) in [4.78, 5) is 23.8. The Hall–Kier alpha value is -1.78. The van der Waals surface area contributed by atoms with E-state index in [2.05, 4.69) is 0 Å². The zero-order chi connectivity index (χ0) is 10.9. The van der Waals surface area contributed by atoms with Gasteiger partial charge in [0.05, 0.1) is 0 Å². The summed E-state index contributed by atoms with van der Waals surface area (Å²) in [5, 5.41) is 18.1. The molecule has 76 valence electrons. The third kappa shape index (κ3) is 1.76. The molecule has 0 saturated carbocycles. The number of aromatic hydroxyl groups is 1. The average molecular weight is 197 g/mol. The van der Waals surface area contributed by atoms with Gasteiger partial charge in [-0.3, -0.25) is 9.78 Å². The Morgan fingerprint density at radius 2 is 2.07 bits per heavy atom. The van der Waals surface area contributed by atoms with E-state index in [1.54, 1.807) is 13.8 Å². The van der Waals surface area contributed by atoms with Crippen LogP contribution in [0.5, 0.6) is 5.88 Å². The molecule has 1 rings (SSSR count). The second-order valence-corrected chi connectivity index (χ2v) is 3.27. The van der Waals surface area contributed by atoms with Gasteiger partial charge >= 0.3 is 5.97 Å². The molecule has 0 unspecified atom stereocenters. The molecule has 0 fully saturated rings. The first-order chi connectivity index (χ1) is 6.43. The molecule has 1 aromatic rings. The van der Waals surface area contributed by atoms with Gasteiger partial charge in [0.15, 0.2) is 0 Å². The summed E-state index contributed by atoms with van der Waals surface area (Å²) in [5.41, 5.74) is -0.408. The molecule has 0 spiro atoms. The average Bonchev–Trinajstić information content (AvgIpc) is 2.01. The van der Waals surface area contributed by atoms with Crippen LogP contribution in [0.4, 0.5) is 0 Å². The first-order valence-corrected chi connectivity index (χ1v) is 4.13. The predicted octanol–water partition coefficient (Wildman–Crippen LogP) is 0.902. The fourth-order valence-corrected chi connectivity index (χ4v) is 1.25. The number of nitrogens with one attached hydrogen (secondary N) is 1. The summed E-state index contributed by atoms with van der Waals surface area (Å²) in [7, 11) is 0. The second-order valence-electron chi connectivity index (χ2n) is 3.27. The fraction of sp³-hybridized carbons (Fsp3) is 0.333. The molecule has 0 aliphatic heterocycles. The highest BCUT2D eigenvalue weighted by Crippen LogP contribution is 2.23. The van der Waals surface area contributed by atoms with Crippen molar-refractivity contribution in [3.63, 3.8) is 0 Å². The summed E-state index contributed by atoms with van der Waals surface area (Å²) < 4.78 is 0. The van der Waals surface area contributed by atoms with Crippen molar-refractivity contribution in [2.24, 2.45) is 0 Å².